The van der Waals surface area contributed by atoms with E-state index in [-0.39, 0.29) is 22.2 Å². The topological polar surface area (TPSA) is 0 Å². The Hall–Kier alpha value is -0.807. The van der Waals surface area contributed by atoms with Crippen molar-refractivity contribution in [2.75, 3.05) is 0 Å². The predicted molar refractivity (Wildman–Crippen MR) is 110 cm³/mol. The van der Waals surface area contributed by atoms with Crippen LogP contribution in [0.15, 0.2) is 48.0 Å². The van der Waals surface area contributed by atoms with Crippen molar-refractivity contribution >= 4 is 22.9 Å². The quantitative estimate of drug-likeness (QED) is 0.666. The summed E-state index contributed by atoms with van der Waals surface area (Å²) in [5, 5.41) is 0. The van der Waals surface area contributed by atoms with E-state index in [4.69, 9.17) is 0 Å². The standard InChI is InChI=1S/C20H21.2BH4.Zr/c1-14-12-16-6-5-7-18(19(16)13-14)15-8-10-17(11-9-15)20(2,3)4;;;/h5-13H,1-4H3;2*1H4;/q;2*-1;+2. The van der Waals surface area contributed by atoms with Gasteiger partial charge in [-0.2, -0.15) is 0 Å². The van der Waals surface area contributed by atoms with Crippen LogP contribution in [0, 0.1) is 0 Å². The van der Waals surface area contributed by atoms with Gasteiger partial charge >= 0.3 is 143 Å². The summed E-state index contributed by atoms with van der Waals surface area (Å²) >= 11 is 1.58. The van der Waals surface area contributed by atoms with E-state index in [2.05, 4.69) is 76.2 Å². The van der Waals surface area contributed by atoms with Crippen molar-refractivity contribution in [1.29, 1.82) is 0 Å². The monoisotopic (exact) mass is 381 g/mol. The Balaban J connectivity index is 0.00000132. The van der Waals surface area contributed by atoms with Crippen molar-refractivity contribution in [3.05, 3.63) is 64.7 Å². The zero-order valence-electron chi connectivity index (χ0n) is 13.2. The number of allylic oxidation sites excluding steroid dienone is 1. The molecule has 0 spiro atoms. The molecule has 2 aromatic rings. The van der Waals surface area contributed by atoms with Crippen LogP contribution in [0.4, 0.5) is 0 Å². The first-order valence-corrected chi connectivity index (χ1v) is 8.93. The first-order chi connectivity index (χ1) is 9.88. The summed E-state index contributed by atoms with van der Waals surface area (Å²) < 4.78 is 0.640. The van der Waals surface area contributed by atoms with Crippen LogP contribution >= 0.6 is 0 Å². The van der Waals surface area contributed by atoms with Crippen LogP contribution in [0.3, 0.4) is 0 Å². The molecule has 0 amide bonds. The van der Waals surface area contributed by atoms with Gasteiger partial charge in [0, 0.05) is 0 Å². The largest absolute Gasteiger partial charge is 0.0626 e. The summed E-state index contributed by atoms with van der Waals surface area (Å²) in [5.41, 5.74) is 8.74. The number of hydrogen-bond donors (Lipinski definition) is 0. The molecule has 1 aliphatic carbocycles. The molecule has 0 aromatic heterocycles. The fourth-order valence-electron chi connectivity index (χ4n) is 2.95. The van der Waals surface area contributed by atoms with E-state index in [9.17, 15) is 0 Å². The molecule has 0 heterocycles. The molecular weight excluding hydrogens is 353 g/mol. The van der Waals surface area contributed by atoms with E-state index in [0.29, 0.717) is 3.63 Å². The third-order valence-electron chi connectivity index (χ3n) is 4.34. The van der Waals surface area contributed by atoms with Crippen molar-refractivity contribution in [2.24, 2.45) is 0 Å². The molecule has 0 bridgehead atoms. The van der Waals surface area contributed by atoms with Crippen LogP contribution in [0.1, 0.15) is 48.0 Å². The molecule has 3 rings (SSSR count). The van der Waals surface area contributed by atoms with Crippen LogP contribution in [0.25, 0.3) is 17.2 Å². The SMILES string of the molecule is CC1=Cc2c(-c3ccc(C(C)(C)C)cc3)cccc2[CH]1[Zr+2].[BH4-].[BH4-]. The van der Waals surface area contributed by atoms with Crippen LogP contribution in [-0.4, -0.2) is 16.8 Å². The molecule has 0 aliphatic heterocycles. The van der Waals surface area contributed by atoms with Crippen LogP contribution < -0.4 is 0 Å². The smallest absolute Gasteiger partial charge is 0.0626 e. The molecular formula is C20H29B2Zr. The maximum absolute atomic E-state index is 2.38. The summed E-state index contributed by atoms with van der Waals surface area (Å²) in [5.74, 6) is 0. The van der Waals surface area contributed by atoms with E-state index in [0.717, 1.165) is 0 Å². The molecule has 0 saturated carbocycles. The fraction of sp³-hybridized carbons (Fsp3) is 0.300. The van der Waals surface area contributed by atoms with Gasteiger partial charge in [0.2, 0.25) is 0 Å². The molecule has 0 saturated heterocycles. The van der Waals surface area contributed by atoms with Crippen molar-refractivity contribution in [3.63, 3.8) is 0 Å². The van der Waals surface area contributed by atoms with Gasteiger partial charge in [0.05, 0.1) is 0 Å². The number of benzene rings is 2. The van der Waals surface area contributed by atoms with Crippen molar-refractivity contribution in [1.82, 2.24) is 0 Å². The van der Waals surface area contributed by atoms with Crippen LogP contribution in [-0.2, 0) is 30.1 Å². The second-order valence-corrected chi connectivity index (χ2v) is 8.38. The van der Waals surface area contributed by atoms with Gasteiger partial charge in [0.1, 0.15) is 0 Å². The number of fused-ring (bicyclic) bond motifs is 1. The van der Waals surface area contributed by atoms with Crippen molar-refractivity contribution in [2.45, 2.75) is 36.7 Å². The summed E-state index contributed by atoms with van der Waals surface area (Å²) in [7, 11) is 0. The zero-order chi connectivity index (χ0) is 15.2. The number of rotatable bonds is 1. The number of hydrogen-bond acceptors (Lipinski definition) is 0. The Morgan fingerprint density at radius 2 is 1.52 bits per heavy atom. The molecule has 0 fully saturated rings. The van der Waals surface area contributed by atoms with Gasteiger partial charge in [-0.25, -0.2) is 0 Å². The Morgan fingerprint density at radius 1 is 0.913 bits per heavy atom. The van der Waals surface area contributed by atoms with E-state index >= 15 is 0 Å². The first-order valence-electron chi connectivity index (χ1n) is 7.51. The van der Waals surface area contributed by atoms with Crippen molar-refractivity contribution < 1.29 is 24.7 Å². The summed E-state index contributed by atoms with van der Waals surface area (Å²) in [4.78, 5) is 0. The summed E-state index contributed by atoms with van der Waals surface area (Å²) in [6.45, 7) is 9.04. The minimum Gasteiger partial charge on any atom is -0.0626 e. The maximum atomic E-state index is 2.38. The Labute approximate surface area is 159 Å². The van der Waals surface area contributed by atoms with E-state index in [1.54, 1.807) is 24.7 Å². The molecule has 1 unspecified atom stereocenters. The molecule has 3 heteroatoms. The molecule has 1 atom stereocenters. The van der Waals surface area contributed by atoms with Gasteiger partial charge in [0.15, 0.2) is 0 Å². The second-order valence-electron chi connectivity index (χ2n) is 6.96. The Morgan fingerprint density at radius 3 is 2.09 bits per heavy atom. The van der Waals surface area contributed by atoms with Gasteiger partial charge < -0.3 is 0 Å². The van der Waals surface area contributed by atoms with Gasteiger partial charge in [0.25, 0.3) is 0 Å². The molecule has 0 nitrogen and oxygen atoms in total. The minimum absolute atomic E-state index is 0. The van der Waals surface area contributed by atoms with Crippen molar-refractivity contribution in [3.8, 4) is 11.1 Å². The summed E-state index contributed by atoms with van der Waals surface area (Å²) in [6.07, 6.45) is 2.38. The van der Waals surface area contributed by atoms with E-state index in [1.165, 1.54) is 33.4 Å². The molecule has 1 aliphatic rings. The van der Waals surface area contributed by atoms with E-state index in [1.807, 2.05) is 0 Å². The predicted octanol–water partition coefficient (Wildman–Crippen LogP) is 2.75. The Bertz CT molecular complexity index is 709. The molecule has 23 heavy (non-hydrogen) atoms. The first kappa shape index (κ1) is 20.2. The second kappa shape index (κ2) is 7.39. The van der Waals surface area contributed by atoms with Gasteiger partial charge in [-0.15, -0.1) is 0 Å². The summed E-state index contributed by atoms with van der Waals surface area (Å²) in [6, 6.07) is 15.8. The van der Waals surface area contributed by atoms with Gasteiger partial charge in [-0.3, -0.25) is 0 Å². The molecule has 0 N–H and O–H groups in total. The third-order valence-corrected chi connectivity index (χ3v) is 6.22. The van der Waals surface area contributed by atoms with Crippen LogP contribution in [0.2, 0.25) is 0 Å². The normalized spacial score (nSPS) is 16.1. The molecule has 0 radical (unpaired) electrons. The maximum Gasteiger partial charge on any atom is -0.0626 e. The average Bonchev–Trinajstić information content (AvgIpc) is 2.74. The van der Waals surface area contributed by atoms with E-state index < -0.39 is 0 Å². The zero-order valence-corrected chi connectivity index (χ0v) is 15.7. The molecule has 119 valence electrons. The van der Waals surface area contributed by atoms with Crippen LogP contribution in [0.5, 0.6) is 0 Å². The third kappa shape index (κ3) is 3.82. The average molecular weight is 382 g/mol. The fourth-order valence-corrected chi connectivity index (χ4v) is 3.78. The van der Waals surface area contributed by atoms with Gasteiger partial charge in [-0.05, 0) is 0 Å². The Kier molecular flexibility index (Phi) is 6.50. The minimum atomic E-state index is 0. The van der Waals surface area contributed by atoms with Gasteiger partial charge in [-0.1, -0.05) is 16.8 Å². The molecule has 2 aromatic carbocycles.